The molecule has 0 heterocycles. The Morgan fingerprint density at radius 3 is 2.56 bits per heavy atom. The van der Waals surface area contributed by atoms with Gasteiger partial charge in [0.2, 0.25) is 0 Å². The van der Waals surface area contributed by atoms with Gasteiger partial charge in [0, 0.05) is 12.6 Å². The largest absolute Gasteiger partial charge is 0.330 e. The molecule has 0 saturated heterocycles. The second-order valence-corrected chi connectivity index (χ2v) is 5.62. The lowest BCUT2D eigenvalue weighted by Crippen LogP contribution is -2.40. The van der Waals surface area contributed by atoms with Gasteiger partial charge >= 0.3 is 0 Å². The maximum absolute atomic E-state index is 5.65. The van der Waals surface area contributed by atoms with Crippen LogP contribution in [0.3, 0.4) is 0 Å². The van der Waals surface area contributed by atoms with E-state index in [9.17, 15) is 0 Å². The van der Waals surface area contributed by atoms with Crippen molar-refractivity contribution >= 4 is 0 Å². The van der Waals surface area contributed by atoms with Gasteiger partial charge in [-0.3, -0.25) is 4.90 Å². The zero-order valence-corrected chi connectivity index (χ0v) is 11.8. The van der Waals surface area contributed by atoms with E-state index in [2.05, 4.69) is 36.9 Å². The first kappa shape index (κ1) is 13.6. The van der Waals surface area contributed by atoms with Crippen LogP contribution < -0.4 is 5.73 Å². The highest BCUT2D eigenvalue weighted by Gasteiger charge is 2.24. The summed E-state index contributed by atoms with van der Waals surface area (Å²) in [7, 11) is 0. The van der Waals surface area contributed by atoms with Gasteiger partial charge in [0.05, 0.1) is 0 Å². The van der Waals surface area contributed by atoms with Gasteiger partial charge in [0.25, 0.3) is 0 Å². The maximum atomic E-state index is 5.65. The highest BCUT2D eigenvalue weighted by atomic mass is 15.2. The number of hydrogen-bond donors (Lipinski definition) is 1. The van der Waals surface area contributed by atoms with Crippen LogP contribution in [0.15, 0.2) is 18.2 Å². The SMILES string of the molecule is Cc1ccc(CN(CCCN)C2CCC2)cc1C. The molecule has 0 amide bonds. The fourth-order valence-electron chi connectivity index (χ4n) is 2.57. The first-order chi connectivity index (χ1) is 8.70. The molecule has 0 aromatic heterocycles. The summed E-state index contributed by atoms with van der Waals surface area (Å²) >= 11 is 0. The number of hydrogen-bond acceptors (Lipinski definition) is 2. The number of aryl methyl sites for hydroxylation is 2. The predicted octanol–water partition coefficient (Wildman–Crippen LogP) is 3.01. The molecule has 1 aromatic carbocycles. The zero-order valence-electron chi connectivity index (χ0n) is 11.8. The van der Waals surface area contributed by atoms with Crippen molar-refractivity contribution < 1.29 is 0 Å². The summed E-state index contributed by atoms with van der Waals surface area (Å²) in [6.07, 6.45) is 5.25. The molecule has 0 atom stereocenters. The Bertz CT molecular complexity index is 383. The van der Waals surface area contributed by atoms with Crippen molar-refractivity contribution in [1.82, 2.24) is 4.90 Å². The Balaban J connectivity index is 1.99. The molecule has 2 rings (SSSR count). The molecule has 100 valence electrons. The molecule has 0 unspecified atom stereocenters. The van der Waals surface area contributed by atoms with Crippen LogP contribution in [-0.4, -0.2) is 24.0 Å². The first-order valence-corrected chi connectivity index (χ1v) is 7.21. The fraction of sp³-hybridized carbons (Fsp3) is 0.625. The molecule has 2 heteroatoms. The maximum Gasteiger partial charge on any atom is 0.0236 e. The molecule has 0 spiro atoms. The Labute approximate surface area is 111 Å². The minimum atomic E-state index is 0.802. The molecule has 0 bridgehead atoms. The van der Waals surface area contributed by atoms with Crippen LogP contribution in [0.2, 0.25) is 0 Å². The van der Waals surface area contributed by atoms with Crippen molar-refractivity contribution in [2.45, 2.75) is 52.1 Å². The van der Waals surface area contributed by atoms with E-state index in [1.54, 1.807) is 0 Å². The van der Waals surface area contributed by atoms with E-state index in [4.69, 9.17) is 5.73 Å². The molecule has 1 aliphatic rings. The van der Waals surface area contributed by atoms with Crippen molar-refractivity contribution in [3.8, 4) is 0 Å². The molecule has 2 nitrogen and oxygen atoms in total. The number of nitrogens with two attached hydrogens (primary N) is 1. The molecule has 18 heavy (non-hydrogen) atoms. The minimum Gasteiger partial charge on any atom is -0.330 e. The van der Waals surface area contributed by atoms with Crippen LogP contribution >= 0.6 is 0 Å². The molecule has 1 fully saturated rings. The van der Waals surface area contributed by atoms with E-state index in [0.29, 0.717) is 0 Å². The van der Waals surface area contributed by atoms with Crippen molar-refractivity contribution in [3.63, 3.8) is 0 Å². The Hall–Kier alpha value is -0.860. The van der Waals surface area contributed by atoms with Crippen LogP contribution in [0.25, 0.3) is 0 Å². The van der Waals surface area contributed by atoms with Crippen LogP contribution in [0.4, 0.5) is 0 Å². The first-order valence-electron chi connectivity index (χ1n) is 7.21. The standard InChI is InChI=1S/C16H26N2/c1-13-7-8-15(11-14(13)2)12-18(10-4-9-17)16-5-3-6-16/h7-8,11,16H,3-6,9-10,12,17H2,1-2H3. The van der Waals surface area contributed by atoms with E-state index >= 15 is 0 Å². The van der Waals surface area contributed by atoms with Crippen molar-refractivity contribution in [3.05, 3.63) is 34.9 Å². The van der Waals surface area contributed by atoms with Gasteiger partial charge in [-0.25, -0.2) is 0 Å². The smallest absolute Gasteiger partial charge is 0.0236 e. The lowest BCUT2D eigenvalue weighted by Gasteiger charge is -2.37. The monoisotopic (exact) mass is 246 g/mol. The average Bonchev–Trinajstić information content (AvgIpc) is 2.28. The van der Waals surface area contributed by atoms with Gasteiger partial charge in [-0.2, -0.15) is 0 Å². The van der Waals surface area contributed by atoms with Gasteiger partial charge in [0.1, 0.15) is 0 Å². The van der Waals surface area contributed by atoms with Crippen LogP contribution in [0, 0.1) is 13.8 Å². The van der Waals surface area contributed by atoms with Crippen molar-refractivity contribution in [2.24, 2.45) is 5.73 Å². The van der Waals surface area contributed by atoms with Gasteiger partial charge in [-0.1, -0.05) is 24.6 Å². The summed E-state index contributed by atoms with van der Waals surface area (Å²) in [6, 6.07) is 7.66. The number of benzene rings is 1. The average molecular weight is 246 g/mol. The Morgan fingerprint density at radius 2 is 2.00 bits per heavy atom. The van der Waals surface area contributed by atoms with Gasteiger partial charge < -0.3 is 5.73 Å². The quantitative estimate of drug-likeness (QED) is 0.836. The van der Waals surface area contributed by atoms with E-state index in [0.717, 1.165) is 32.1 Å². The summed E-state index contributed by atoms with van der Waals surface area (Å²) in [5.74, 6) is 0. The summed E-state index contributed by atoms with van der Waals surface area (Å²) in [5, 5.41) is 0. The number of nitrogens with zero attached hydrogens (tertiary/aromatic N) is 1. The Kier molecular flexibility index (Phi) is 4.79. The summed E-state index contributed by atoms with van der Waals surface area (Å²) < 4.78 is 0. The predicted molar refractivity (Wildman–Crippen MR) is 77.6 cm³/mol. The van der Waals surface area contributed by atoms with Crippen LogP contribution in [-0.2, 0) is 6.54 Å². The van der Waals surface area contributed by atoms with Gasteiger partial charge in [-0.05, 0) is 62.9 Å². The Morgan fingerprint density at radius 1 is 1.22 bits per heavy atom. The normalized spacial score (nSPS) is 16.0. The highest BCUT2D eigenvalue weighted by molar-refractivity contribution is 5.29. The van der Waals surface area contributed by atoms with Gasteiger partial charge in [0.15, 0.2) is 0 Å². The molecular weight excluding hydrogens is 220 g/mol. The second-order valence-electron chi connectivity index (χ2n) is 5.62. The molecule has 0 aliphatic heterocycles. The zero-order chi connectivity index (χ0) is 13.0. The van der Waals surface area contributed by atoms with Crippen LogP contribution in [0.5, 0.6) is 0 Å². The van der Waals surface area contributed by atoms with E-state index in [1.165, 1.54) is 36.0 Å². The van der Waals surface area contributed by atoms with E-state index in [1.807, 2.05) is 0 Å². The third-order valence-corrected chi connectivity index (χ3v) is 4.20. The summed E-state index contributed by atoms with van der Waals surface area (Å²) in [6.45, 7) is 7.42. The lowest BCUT2D eigenvalue weighted by atomic mass is 9.91. The van der Waals surface area contributed by atoms with Crippen LogP contribution in [0.1, 0.15) is 42.4 Å². The van der Waals surface area contributed by atoms with Crippen molar-refractivity contribution in [2.75, 3.05) is 13.1 Å². The highest BCUT2D eigenvalue weighted by Crippen LogP contribution is 2.26. The van der Waals surface area contributed by atoms with E-state index < -0.39 is 0 Å². The molecule has 1 aromatic rings. The fourth-order valence-corrected chi connectivity index (χ4v) is 2.57. The minimum absolute atomic E-state index is 0.802. The molecular formula is C16H26N2. The topological polar surface area (TPSA) is 29.3 Å². The second kappa shape index (κ2) is 6.35. The van der Waals surface area contributed by atoms with Crippen molar-refractivity contribution in [1.29, 1.82) is 0 Å². The lowest BCUT2D eigenvalue weighted by molar-refractivity contribution is 0.118. The molecule has 1 saturated carbocycles. The third kappa shape index (κ3) is 3.33. The van der Waals surface area contributed by atoms with Gasteiger partial charge in [-0.15, -0.1) is 0 Å². The summed E-state index contributed by atoms with van der Waals surface area (Å²) in [5.41, 5.74) is 9.88. The number of rotatable bonds is 6. The summed E-state index contributed by atoms with van der Waals surface area (Å²) in [4.78, 5) is 2.63. The van der Waals surface area contributed by atoms with E-state index in [-0.39, 0.29) is 0 Å². The molecule has 2 N–H and O–H groups in total. The molecule has 0 radical (unpaired) electrons. The molecule has 1 aliphatic carbocycles. The third-order valence-electron chi connectivity index (χ3n) is 4.20.